The number of urea groups is 1. The smallest absolute Gasteiger partial charge is 0.388 e. The van der Waals surface area contributed by atoms with E-state index in [1.54, 1.807) is 6.07 Å². The summed E-state index contributed by atoms with van der Waals surface area (Å²) in [6, 6.07) is 9.73. The molecule has 4 N–H and O–H groups in total. The Morgan fingerprint density at radius 3 is 2.13 bits per heavy atom. The highest BCUT2D eigenvalue weighted by atomic mass is 19.4. The molecular weight excluding hydrogens is 399 g/mol. The molecule has 0 radical (unpaired) electrons. The van der Waals surface area contributed by atoms with Gasteiger partial charge in [0.05, 0.1) is 11.2 Å². The fourth-order valence-corrected chi connectivity index (χ4v) is 2.63. The van der Waals surface area contributed by atoms with Crippen molar-refractivity contribution in [2.45, 2.75) is 38.5 Å². The first-order valence-electron chi connectivity index (χ1n) is 9.42. The van der Waals surface area contributed by atoms with Crippen molar-refractivity contribution in [3.8, 4) is 0 Å². The van der Waals surface area contributed by atoms with Gasteiger partial charge in [0.2, 0.25) is 0 Å². The van der Waals surface area contributed by atoms with Crippen molar-refractivity contribution in [3.63, 3.8) is 0 Å². The third kappa shape index (κ3) is 6.48. The van der Waals surface area contributed by atoms with Crippen LogP contribution in [0.5, 0.6) is 0 Å². The van der Waals surface area contributed by atoms with Gasteiger partial charge in [-0.3, -0.25) is 4.79 Å². The van der Waals surface area contributed by atoms with E-state index in [0.717, 1.165) is 12.1 Å². The highest BCUT2D eigenvalue weighted by molar-refractivity contribution is 6.05. The topological polar surface area (TPSA) is 90.5 Å². The van der Waals surface area contributed by atoms with Crippen LogP contribution < -0.4 is 16.0 Å². The zero-order chi connectivity index (χ0) is 22.4. The number of anilines is 2. The van der Waals surface area contributed by atoms with E-state index in [0.29, 0.717) is 18.5 Å². The first kappa shape index (κ1) is 23.2. The minimum absolute atomic E-state index is 0.00403. The number of carbonyl (C=O) groups excluding carboxylic acids is 2. The van der Waals surface area contributed by atoms with E-state index in [1.807, 2.05) is 13.8 Å². The Morgan fingerprint density at radius 2 is 1.53 bits per heavy atom. The molecule has 0 aliphatic rings. The minimum Gasteiger partial charge on any atom is -0.388 e. The maximum atomic E-state index is 12.8. The van der Waals surface area contributed by atoms with Gasteiger partial charge in [0.25, 0.3) is 5.91 Å². The number of hydrogen-bond acceptors (Lipinski definition) is 3. The molecule has 0 heterocycles. The lowest BCUT2D eigenvalue weighted by atomic mass is 9.98. The number of carbonyl (C=O) groups is 2. The summed E-state index contributed by atoms with van der Waals surface area (Å²) in [4.78, 5) is 24.4. The molecule has 0 aliphatic carbocycles. The van der Waals surface area contributed by atoms with E-state index in [1.165, 1.54) is 30.3 Å². The number of amides is 3. The van der Waals surface area contributed by atoms with Crippen molar-refractivity contribution in [1.82, 2.24) is 5.32 Å². The standard InChI is InChI=1S/C21H24F3N3O3/c1-3-20(30,4-2)13-25-19(29)27-16-9-5-7-14(11-16)18(28)26-17-10-6-8-15(12-17)21(22,23)24/h5-12,30H,3-4,13H2,1-2H3,(H,26,28)(H2,25,27,29). The van der Waals surface area contributed by atoms with Gasteiger partial charge < -0.3 is 21.1 Å². The molecule has 0 saturated heterocycles. The highest BCUT2D eigenvalue weighted by Gasteiger charge is 2.30. The van der Waals surface area contributed by atoms with Gasteiger partial charge in [0.1, 0.15) is 0 Å². The SMILES string of the molecule is CCC(O)(CC)CNC(=O)Nc1cccc(C(=O)Nc2cccc(C(F)(F)F)c2)c1. The van der Waals surface area contributed by atoms with Crippen LogP contribution in [0, 0.1) is 0 Å². The summed E-state index contributed by atoms with van der Waals surface area (Å²) in [6.07, 6.45) is -3.55. The summed E-state index contributed by atoms with van der Waals surface area (Å²) in [5, 5.41) is 17.8. The molecule has 0 unspecified atom stereocenters. The number of benzene rings is 2. The van der Waals surface area contributed by atoms with E-state index in [-0.39, 0.29) is 17.8 Å². The Morgan fingerprint density at radius 1 is 0.933 bits per heavy atom. The molecular formula is C21H24F3N3O3. The van der Waals surface area contributed by atoms with Crippen molar-refractivity contribution in [3.05, 3.63) is 59.7 Å². The predicted molar refractivity (Wildman–Crippen MR) is 108 cm³/mol. The minimum atomic E-state index is -4.51. The molecule has 0 bridgehead atoms. The fraction of sp³-hybridized carbons (Fsp3) is 0.333. The van der Waals surface area contributed by atoms with E-state index >= 15 is 0 Å². The summed E-state index contributed by atoms with van der Waals surface area (Å²) in [5.74, 6) is -0.621. The van der Waals surface area contributed by atoms with Crippen LogP contribution in [-0.4, -0.2) is 29.2 Å². The van der Waals surface area contributed by atoms with Crippen LogP contribution in [0.3, 0.4) is 0 Å². The molecule has 0 aliphatic heterocycles. The largest absolute Gasteiger partial charge is 0.416 e. The van der Waals surface area contributed by atoms with Crippen LogP contribution in [0.15, 0.2) is 48.5 Å². The highest BCUT2D eigenvalue weighted by Crippen LogP contribution is 2.30. The van der Waals surface area contributed by atoms with Crippen LogP contribution in [0.4, 0.5) is 29.3 Å². The van der Waals surface area contributed by atoms with Crippen molar-refractivity contribution < 1.29 is 27.9 Å². The second-order valence-corrected chi connectivity index (χ2v) is 6.85. The number of halogens is 3. The molecule has 0 atom stereocenters. The number of alkyl halides is 3. The van der Waals surface area contributed by atoms with Gasteiger partial charge in [-0.05, 0) is 49.2 Å². The van der Waals surface area contributed by atoms with Crippen LogP contribution in [0.25, 0.3) is 0 Å². The van der Waals surface area contributed by atoms with Crippen molar-refractivity contribution in [2.75, 3.05) is 17.2 Å². The Labute approximate surface area is 172 Å². The lowest BCUT2D eigenvalue weighted by molar-refractivity contribution is -0.137. The third-order valence-electron chi connectivity index (χ3n) is 4.72. The summed E-state index contributed by atoms with van der Waals surface area (Å²) >= 11 is 0. The fourth-order valence-electron chi connectivity index (χ4n) is 2.63. The van der Waals surface area contributed by atoms with Crippen molar-refractivity contribution >= 4 is 23.3 Å². The molecule has 3 amide bonds. The first-order chi connectivity index (χ1) is 14.1. The summed E-state index contributed by atoms with van der Waals surface area (Å²) < 4.78 is 38.4. The molecule has 30 heavy (non-hydrogen) atoms. The van der Waals surface area contributed by atoms with Crippen molar-refractivity contribution in [2.24, 2.45) is 0 Å². The van der Waals surface area contributed by atoms with Gasteiger partial charge in [-0.25, -0.2) is 4.79 Å². The number of rotatable bonds is 7. The molecule has 162 valence electrons. The Hall–Kier alpha value is -3.07. The second-order valence-electron chi connectivity index (χ2n) is 6.85. The molecule has 0 spiro atoms. The summed E-state index contributed by atoms with van der Waals surface area (Å²) in [5.41, 5.74) is -1.38. The molecule has 9 heteroatoms. The van der Waals surface area contributed by atoms with Crippen LogP contribution >= 0.6 is 0 Å². The molecule has 6 nitrogen and oxygen atoms in total. The second kappa shape index (κ2) is 9.62. The van der Waals surface area contributed by atoms with Gasteiger partial charge in [-0.2, -0.15) is 13.2 Å². The Kier molecular flexibility index (Phi) is 7.44. The quantitative estimate of drug-likeness (QED) is 0.523. The lowest BCUT2D eigenvalue weighted by Gasteiger charge is -2.25. The number of hydrogen-bond donors (Lipinski definition) is 4. The zero-order valence-electron chi connectivity index (χ0n) is 16.6. The van der Waals surface area contributed by atoms with Crippen molar-refractivity contribution in [1.29, 1.82) is 0 Å². The maximum Gasteiger partial charge on any atom is 0.416 e. The maximum absolute atomic E-state index is 12.8. The first-order valence-corrected chi connectivity index (χ1v) is 9.42. The van der Waals surface area contributed by atoms with Crippen LogP contribution in [0.1, 0.15) is 42.6 Å². The molecule has 2 rings (SSSR count). The van der Waals surface area contributed by atoms with Gasteiger partial charge >= 0.3 is 12.2 Å². The molecule has 0 fully saturated rings. The number of aliphatic hydroxyl groups is 1. The van der Waals surface area contributed by atoms with E-state index in [2.05, 4.69) is 16.0 Å². The number of nitrogens with one attached hydrogen (secondary N) is 3. The molecule has 0 aromatic heterocycles. The normalized spacial score (nSPS) is 11.7. The molecule has 2 aromatic rings. The Bertz CT molecular complexity index is 896. The van der Waals surface area contributed by atoms with Gasteiger partial charge in [0.15, 0.2) is 0 Å². The van der Waals surface area contributed by atoms with Crippen LogP contribution in [-0.2, 0) is 6.18 Å². The predicted octanol–water partition coefficient (Wildman–Crippen LogP) is 4.63. The van der Waals surface area contributed by atoms with Crippen LogP contribution in [0.2, 0.25) is 0 Å². The van der Waals surface area contributed by atoms with Gasteiger partial charge in [0, 0.05) is 23.5 Å². The lowest BCUT2D eigenvalue weighted by Crippen LogP contribution is -2.43. The summed E-state index contributed by atoms with van der Waals surface area (Å²) in [7, 11) is 0. The summed E-state index contributed by atoms with van der Waals surface area (Å²) in [6.45, 7) is 3.70. The Balaban J connectivity index is 2.03. The van der Waals surface area contributed by atoms with E-state index < -0.39 is 29.3 Å². The average molecular weight is 423 g/mol. The van der Waals surface area contributed by atoms with Gasteiger partial charge in [-0.15, -0.1) is 0 Å². The van der Waals surface area contributed by atoms with E-state index in [9.17, 15) is 27.9 Å². The van der Waals surface area contributed by atoms with Gasteiger partial charge in [-0.1, -0.05) is 26.0 Å². The van der Waals surface area contributed by atoms with E-state index in [4.69, 9.17) is 0 Å². The molecule has 0 saturated carbocycles. The zero-order valence-corrected chi connectivity index (χ0v) is 16.6. The third-order valence-corrected chi connectivity index (χ3v) is 4.72. The average Bonchev–Trinajstić information content (AvgIpc) is 2.72. The molecule has 2 aromatic carbocycles. The monoisotopic (exact) mass is 423 g/mol.